The van der Waals surface area contributed by atoms with Gasteiger partial charge in [-0.1, -0.05) is 50.1 Å². The maximum Gasteiger partial charge on any atom is 0.314 e. The minimum absolute atomic E-state index is 0.132. The van der Waals surface area contributed by atoms with E-state index in [1.807, 2.05) is 32.3 Å². The summed E-state index contributed by atoms with van der Waals surface area (Å²) in [6.07, 6.45) is 3.65. The zero-order valence-corrected chi connectivity index (χ0v) is 15.1. The van der Waals surface area contributed by atoms with Crippen LogP contribution in [-0.2, 0) is 0 Å². The SMILES string of the molecule is CN(C)C(CNC(=O)NCC1(C)CCCCC1O)c1ccccc1. The molecule has 0 aliphatic heterocycles. The molecule has 1 aliphatic carbocycles. The van der Waals surface area contributed by atoms with Crippen LogP contribution in [0.3, 0.4) is 0 Å². The van der Waals surface area contributed by atoms with Gasteiger partial charge in [-0.25, -0.2) is 4.79 Å². The van der Waals surface area contributed by atoms with E-state index in [4.69, 9.17) is 0 Å². The van der Waals surface area contributed by atoms with E-state index in [0.717, 1.165) is 25.7 Å². The predicted molar refractivity (Wildman–Crippen MR) is 96.9 cm³/mol. The Labute approximate surface area is 145 Å². The Bertz CT molecular complexity index is 521. The Morgan fingerprint density at radius 1 is 1.29 bits per heavy atom. The van der Waals surface area contributed by atoms with Crippen molar-refractivity contribution in [1.82, 2.24) is 15.5 Å². The van der Waals surface area contributed by atoms with Crippen LogP contribution in [0.2, 0.25) is 0 Å². The number of nitrogens with one attached hydrogen (secondary N) is 2. The molecule has 0 radical (unpaired) electrons. The van der Waals surface area contributed by atoms with Crippen molar-refractivity contribution < 1.29 is 9.90 Å². The largest absolute Gasteiger partial charge is 0.392 e. The molecule has 0 bridgehead atoms. The van der Waals surface area contributed by atoms with Gasteiger partial charge in [0.15, 0.2) is 0 Å². The van der Waals surface area contributed by atoms with Crippen LogP contribution in [0, 0.1) is 5.41 Å². The second kappa shape index (κ2) is 8.49. The van der Waals surface area contributed by atoms with Gasteiger partial charge in [-0.3, -0.25) is 0 Å². The van der Waals surface area contributed by atoms with Gasteiger partial charge in [0, 0.05) is 18.5 Å². The lowest BCUT2D eigenvalue weighted by Crippen LogP contribution is -2.48. The number of urea groups is 1. The highest BCUT2D eigenvalue weighted by Gasteiger charge is 2.35. The van der Waals surface area contributed by atoms with Crippen LogP contribution in [-0.4, -0.2) is 49.3 Å². The molecule has 3 N–H and O–H groups in total. The number of carbonyl (C=O) groups is 1. The molecular formula is C19H31N3O2. The van der Waals surface area contributed by atoms with Crippen molar-refractivity contribution in [3.8, 4) is 0 Å². The number of aliphatic hydroxyl groups is 1. The number of amides is 2. The maximum atomic E-state index is 12.2. The van der Waals surface area contributed by atoms with Gasteiger partial charge in [0.1, 0.15) is 0 Å². The molecule has 1 aliphatic rings. The number of rotatable bonds is 6. The standard InChI is InChI=1S/C19H31N3O2/c1-19(12-8-7-11-17(19)23)14-21-18(24)20-13-16(22(2)3)15-9-5-4-6-10-15/h4-6,9-10,16-17,23H,7-8,11-14H2,1-3H3,(H2,20,21,24). The van der Waals surface area contributed by atoms with Crippen LogP contribution in [0.1, 0.15) is 44.2 Å². The molecular weight excluding hydrogens is 302 g/mol. The average molecular weight is 333 g/mol. The van der Waals surface area contributed by atoms with E-state index in [-0.39, 0.29) is 23.6 Å². The van der Waals surface area contributed by atoms with Gasteiger partial charge >= 0.3 is 6.03 Å². The Hall–Kier alpha value is -1.59. The fourth-order valence-electron chi connectivity index (χ4n) is 3.40. The average Bonchev–Trinajstić information content (AvgIpc) is 2.57. The van der Waals surface area contributed by atoms with Crippen molar-refractivity contribution in [2.24, 2.45) is 5.41 Å². The first kappa shape index (κ1) is 18.7. The minimum atomic E-state index is -0.328. The van der Waals surface area contributed by atoms with Crippen LogP contribution in [0.25, 0.3) is 0 Å². The Morgan fingerprint density at radius 2 is 2.00 bits per heavy atom. The van der Waals surface area contributed by atoms with Crippen LogP contribution in [0.15, 0.2) is 30.3 Å². The molecule has 134 valence electrons. The van der Waals surface area contributed by atoms with Gasteiger partial charge in [-0.2, -0.15) is 0 Å². The van der Waals surface area contributed by atoms with Crippen molar-refractivity contribution in [2.45, 2.75) is 44.8 Å². The summed E-state index contributed by atoms with van der Waals surface area (Å²) in [5.74, 6) is 0. The van der Waals surface area contributed by atoms with Gasteiger partial charge in [-0.05, 0) is 32.5 Å². The lowest BCUT2D eigenvalue weighted by Gasteiger charge is -2.38. The quantitative estimate of drug-likeness (QED) is 0.749. The number of carbonyl (C=O) groups excluding carboxylic acids is 1. The second-order valence-electron chi connectivity index (χ2n) is 7.37. The lowest BCUT2D eigenvalue weighted by atomic mass is 9.73. The molecule has 3 unspecified atom stereocenters. The van der Waals surface area contributed by atoms with Gasteiger partial charge < -0.3 is 20.6 Å². The summed E-state index contributed by atoms with van der Waals surface area (Å²) in [6, 6.07) is 10.1. The summed E-state index contributed by atoms with van der Waals surface area (Å²) in [5.41, 5.74) is 0.966. The van der Waals surface area contributed by atoms with Crippen molar-refractivity contribution in [2.75, 3.05) is 27.2 Å². The number of likely N-dealkylation sites (N-methyl/N-ethyl adjacent to an activating group) is 1. The molecule has 2 amide bonds. The summed E-state index contributed by atoms with van der Waals surface area (Å²) in [6.45, 7) is 3.11. The Kier molecular flexibility index (Phi) is 6.63. The summed E-state index contributed by atoms with van der Waals surface area (Å²) < 4.78 is 0. The first-order valence-corrected chi connectivity index (χ1v) is 8.83. The maximum absolute atomic E-state index is 12.2. The van der Waals surface area contributed by atoms with Crippen molar-refractivity contribution in [1.29, 1.82) is 0 Å². The normalized spacial score (nSPS) is 25.3. The summed E-state index contributed by atoms with van der Waals surface area (Å²) in [5, 5.41) is 16.1. The number of nitrogens with zero attached hydrogens (tertiary/aromatic N) is 1. The van der Waals surface area contributed by atoms with Gasteiger partial charge in [0.25, 0.3) is 0 Å². The molecule has 1 aromatic carbocycles. The van der Waals surface area contributed by atoms with Crippen molar-refractivity contribution in [3.05, 3.63) is 35.9 Å². The van der Waals surface area contributed by atoms with E-state index in [1.54, 1.807) is 0 Å². The van der Waals surface area contributed by atoms with E-state index in [2.05, 4.69) is 34.6 Å². The monoisotopic (exact) mass is 333 g/mol. The molecule has 0 aromatic heterocycles. The fourth-order valence-corrected chi connectivity index (χ4v) is 3.40. The van der Waals surface area contributed by atoms with E-state index in [9.17, 15) is 9.90 Å². The first-order chi connectivity index (χ1) is 11.4. The van der Waals surface area contributed by atoms with Crippen LogP contribution in [0.5, 0.6) is 0 Å². The molecule has 1 aromatic rings. The smallest absolute Gasteiger partial charge is 0.314 e. The van der Waals surface area contributed by atoms with E-state index in [1.165, 1.54) is 5.56 Å². The van der Waals surface area contributed by atoms with E-state index in [0.29, 0.717) is 13.1 Å². The zero-order chi connectivity index (χ0) is 17.6. The molecule has 2 rings (SSSR count). The third-order valence-electron chi connectivity index (χ3n) is 5.20. The van der Waals surface area contributed by atoms with Crippen LogP contribution < -0.4 is 10.6 Å². The number of aliphatic hydroxyl groups excluding tert-OH is 1. The van der Waals surface area contributed by atoms with E-state index >= 15 is 0 Å². The highest BCUT2D eigenvalue weighted by atomic mass is 16.3. The van der Waals surface area contributed by atoms with Gasteiger partial charge in [0.2, 0.25) is 0 Å². The summed E-state index contributed by atoms with van der Waals surface area (Å²) >= 11 is 0. The molecule has 3 atom stereocenters. The first-order valence-electron chi connectivity index (χ1n) is 8.83. The summed E-state index contributed by atoms with van der Waals surface area (Å²) in [7, 11) is 4.02. The molecule has 0 spiro atoms. The van der Waals surface area contributed by atoms with Gasteiger partial charge in [-0.15, -0.1) is 0 Å². The molecule has 1 saturated carbocycles. The van der Waals surface area contributed by atoms with E-state index < -0.39 is 0 Å². The van der Waals surface area contributed by atoms with Crippen LogP contribution in [0.4, 0.5) is 4.79 Å². The molecule has 5 heteroatoms. The third-order valence-corrected chi connectivity index (χ3v) is 5.20. The van der Waals surface area contributed by atoms with Crippen molar-refractivity contribution in [3.63, 3.8) is 0 Å². The summed E-state index contributed by atoms with van der Waals surface area (Å²) in [4.78, 5) is 14.3. The topological polar surface area (TPSA) is 64.6 Å². The lowest BCUT2D eigenvalue weighted by molar-refractivity contribution is 0.00307. The number of hydrogen-bond donors (Lipinski definition) is 3. The highest BCUT2D eigenvalue weighted by molar-refractivity contribution is 5.73. The van der Waals surface area contributed by atoms with Crippen LogP contribution >= 0.6 is 0 Å². The zero-order valence-electron chi connectivity index (χ0n) is 15.1. The molecule has 0 saturated heterocycles. The second-order valence-corrected chi connectivity index (χ2v) is 7.37. The number of hydrogen-bond acceptors (Lipinski definition) is 3. The molecule has 0 heterocycles. The van der Waals surface area contributed by atoms with Crippen molar-refractivity contribution >= 4 is 6.03 Å². The molecule has 24 heavy (non-hydrogen) atoms. The molecule has 5 nitrogen and oxygen atoms in total. The highest BCUT2D eigenvalue weighted by Crippen LogP contribution is 2.35. The third kappa shape index (κ3) is 4.95. The number of benzene rings is 1. The predicted octanol–water partition coefficient (Wildman–Crippen LogP) is 2.53. The molecule has 1 fully saturated rings. The van der Waals surface area contributed by atoms with Gasteiger partial charge in [0.05, 0.1) is 12.1 Å². The Balaban J connectivity index is 1.83. The fraction of sp³-hybridized carbons (Fsp3) is 0.632. The Morgan fingerprint density at radius 3 is 2.62 bits per heavy atom. The minimum Gasteiger partial charge on any atom is -0.392 e.